The highest BCUT2D eigenvalue weighted by atomic mass is 16.2. The number of nitrogens with zero attached hydrogens (tertiary/aromatic N) is 6. The second-order valence-electron chi connectivity index (χ2n) is 15.0. The van der Waals surface area contributed by atoms with E-state index in [4.69, 9.17) is 0 Å². The summed E-state index contributed by atoms with van der Waals surface area (Å²) < 4.78 is 0. The molecule has 4 N–H and O–H groups in total. The number of rotatable bonds is 8. The van der Waals surface area contributed by atoms with Gasteiger partial charge in [0.2, 0.25) is 0 Å². The number of amides is 2. The Bertz CT molecular complexity index is 1820. The Kier molecular flexibility index (Phi) is 9.30. The van der Waals surface area contributed by atoms with Crippen molar-refractivity contribution in [2.75, 3.05) is 0 Å². The highest BCUT2D eigenvalue weighted by Crippen LogP contribution is 2.42. The molecule has 50 heavy (non-hydrogen) atoms. The average Bonchev–Trinajstić information content (AvgIpc) is 4.10. The second kappa shape index (κ2) is 13.8. The van der Waals surface area contributed by atoms with Gasteiger partial charge in [-0.2, -0.15) is 10.5 Å². The lowest BCUT2D eigenvalue weighted by Gasteiger charge is -2.36. The number of aromatic amines is 2. The number of hydrogen-bond donors (Lipinski definition) is 4. The van der Waals surface area contributed by atoms with Crippen LogP contribution in [0, 0.1) is 33.5 Å². The smallest absolute Gasteiger partial charge is 0.255 e. The summed E-state index contributed by atoms with van der Waals surface area (Å²) >= 11 is 0. The van der Waals surface area contributed by atoms with Crippen LogP contribution in [-0.4, -0.2) is 53.8 Å². The number of hydrogen-bond acceptors (Lipinski definition) is 8. The molecule has 4 fully saturated rings. The second-order valence-corrected chi connectivity index (χ2v) is 15.0. The van der Waals surface area contributed by atoms with Crippen LogP contribution >= 0.6 is 0 Å². The molecule has 8 rings (SSSR count). The van der Waals surface area contributed by atoms with Crippen molar-refractivity contribution < 1.29 is 9.59 Å². The number of nitrogens with one attached hydrogen (secondary N) is 4. The lowest BCUT2D eigenvalue weighted by Crippen LogP contribution is -2.46. The Hall–Kier alpha value is -4.84. The maximum absolute atomic E-state index is 12.8. The van der Waals surface area contributed by atoms with Crippen LogP contribution in [0.4, 0.5) is 0 Å². The van der Waals surface area contributed by atoms with Crippen LogP contribution in [0.15, 0.2) is 24.8 Å². The van der Waals surface area contributed by atoms with Crippen LogP contribution in [-0.2, 0) is 0 Å². The van der Waals surface area contributed by atoms with Gasteiger partial charge < -0.3 is 20.6 Å². The minimum Gasteiger partial charge on any atom is -0.348 e. The van der Waals surface area contributed by atoms with Gasteiger partial charge in [-0.25, -0.2) is 19.9 Å². The Balaban J connectivity index is 0.000000157. The molecule has 0 bridgehead atoms. The van der Waals surface area contributed by atoms with E-state index in [1.807, 2.05) is 13.8 Å². The first kappa shape index (κ1) is 33.6. The van der Waals surface area contributed by atoms with E-state index < -0.39 is 10.8 Å². The maximum atomic E-state index is 12.8. The molecule has 4 aromatic heterocycles. The van der Waals surface area contributed by atoms with Gasteiger partial charge in [0.1, 0.15) is 11.0 Å². The molecule has 12 nitrogen and oxygen atoms in total. The topological polar surface area (TPSA) is 189 Å². The van der Waals surface area contributed by atoms with E-state index in [-0.39, 0.29) is 23.9 Å². The first-order valence-corrected chi connectivity index (χ1v) is 18.4. The molecule has 4 saturated carbocycles. The molecule has 0 aliphatic heterocycles. The van der Waals surface area contributed by atoms with Crippen LogP contribution in [0.25, 0.3) is 22.3 Å². The Morgan fingerprint density at radius 2 is 1.08 bits per heavy atom. The molecule has 0 spiro atoms. The van der Waals surface area contributed by atoms with Crippen molar-refractivity contribution in [1.82, 2.24) is 40.5 Å². The van der Waals surface area contributed by atoms with E-state index in [2.05, 4.69) is 52.7 Å². The van der Waals surface area contributed by atoms with E-state index >= 15 is 0 Å². The maximum Gasteiger partial charge on any atom is 0.255 e. The third-order valence-electron chi connectivity index (χ3n) is 11.6. The van der Waals surface area contributed by atoms with Gasteiger partial charge in [-0.3, -0.25) is 9.59 Å². The van der Waals surface area contributed by atoms with Crippen LogP contribution in [0.1, 0.15) is 148 Å². The molecular formula is C38H46N10O2. The Labute approximate surface area is 292 Å². The fourth-order valence-electron chi connectivity index (χ4n) is 7.78. The molecule has 0 unspecified atom stereocenters. The third kappa shape index (κ3) is 6.68. The minimum atomic E-state index is -0.453. The number of carbonyl (C=O) groups excluding carboxylic acids is 2. The average molecular weight is 675 g/mol. The van der Waals surface area contributed by atoms with Gasteiger partial charge >= 0.3 is 0 Å². The van der Waals surface area contributed by atoms with Crippen molar-refractivity contribution in [2.45, 2.75) is 128 Å². The van der Waals surface area contributed by atoms with Gasteiger partial charge in [0.15, 0.2) is 11.3 Å². The summed E-state index contributed by atoms with van der Waals surface area (Å²) in [7, 11) is 0. The molecule has 0 aromatic carbocycles. The monoisotopic (exact) mass is 674 g/mol. The van der Waals surface area contributed by atoms with Crippen molar-refractivity contribution in [3.8, 4) is 12.1 Å². The Morgan fingerprint density at radius 3 is 1.42 bits per heavy atom. The molecule has 4 aliphatic carbocycles. The van der Waals surface area contributed by atoms with Gasteiger partial charge in [0.25, 0.3) is 11.8 Å². The molecule has 12 heteroatoms. The van der Waals surface area contributed by atoms with E-state index in [0.717, 1.165) is 88.4 Å². The zero-order chi connectivity index (χ0) is 34.9. The van der Waals surface area contributed by atoms with E-state index in [1.54, 1.807) is 24.8 Å². The summed E-state index contributed by atoms with van der Waals surface area (Å²) in [5, 5.41) is 25.5. The molecule has 2 atom stereocenters. The molecular weight excluding hydrogens is 628 g/mol. The van der Waals surface area contributed by atoms with Crippen LogP contribution in [0.5, 0.6) is 0 Å². The standard InChI is InChI=1S/2C19H23N5O/c2*1-12(19(11-20)7-3-2-4-8-19)23-18(25)14-9-21-17-16(14)24-15(10-22-17)13-5-6-13/h2*9-10,12-13H,2-8H2,1H3,(H,21,22)(H,23,25)/t2*12-/m10/s1. The summed E-state index contributed by atoms with van der Waals surface area (Å²) in [6.45, 7) is 3.89. The molecule has 0 saturated heterocycles. The van der Waals surface area contributed by atoms with Crippen molar-refractivity contribution in [3.63, 3.8) is 0 Å². The SMILES string of the molecule is C[C@@H](NC(=O)c1c[nH]c2ncc(C3CC3)nc12)C1(C#N)CCCCC1.C[C@H](NC(=O)c1c[nH]c2ncc(C3CC3)nc12)C1(C#N)CCCCC1. The van der Waals surface area contributed by atoms with Gasteiger partial charge in [-0.15, -0.1) is 0 Å². The van der Waals surface area contributed by atoms with Gasteiger partial charge in [0, 0.05) is 36.3 Å². The fraction of sp³-hybridized carbons (Fsp3) is 0.579. The molecule has 4 aromatic rings. The summed E-state index contributed by atoms with van der Waals surface area (Å²) in [5.41, 5.74) is 4.58. The van der Waals surface area contributed by atoms with E-state index in [1.165, 1.54) is 12.8 Å². The van der Waals surface area contributed by atoms with E-state index in [0.29, 0.717) is 45.3 Å². The largest absolute Gasteiger partial charge is 0.348 e. The van der Waals surface area contributed by atoms with Gasteiger partial charge in [-0.05, 0) is 65.2 Å². The first-order chi connectivity index (χ1) is 24.3. The number of aromatic nitrogens is 6. The van der Waals surface area contributed by atoms with Crippen LogP contribution in [0.2, 0.25) is 0 Å². The summed E-state index contributed by atoms with van der Waals surface area (Å²) in [6.07, 6.45) is 21.5. The predicted octanol–water partition coefficient (Wildman–Crippen LogP) is 6.86. The minimum absolute atomic E-state index is 0.179. The predicted molar refractivity (Wildman–Crippen MR) is 188 cm³/mol. The highest BCUT2D eigenvalue weighted by molar-refractivity contribution is 6.05. The molecule has 0 radical (unpaired) electrons. The van der Waals surface area contributed by atoms with Crippen LogP contribution in [0.3, 0.4) is 0 Å². The van der Waals surface area contributed by atoms with Crippen molar-refractivity contribution in [1.29, 1.82) is 10.5 Å². The fourth-order valence-corrected chi connectivity index (χ4v) is 7.78. The van der Waals surface area contributed by atoms with E-state index in [9.17, 15) is 20.1 Å². The number of nitriles is 2. The zero-order valence-corrected chi connectivity index (χ0v) is 29.0. The normalized spacial score (nSPS) is 20.8. The molecule has 4 heterocycles. The molecule has 2 amide bonds. The Morgan fingerprint density at radius 1 is 0.700 bits per heavy atom. The van der Waals surface area contributed by atoms with Crippen molar-refractivity contribution in [2.24, 2.45) is 10.8 Å². The highest BCUT2D eigenvalue weighted by Gasteiger charge is 2.40. The zero-order valence-electron chi connectivity index (χ0n) is 29.0. The quantitative estimate of drug-likeness (QED) is 0.156. The molecule has 260 valence electrons. The van der Waals surface area contributed by atoms with Crippen molar-refractivity contribution >= 4 is 34.1 Å². The van der Waals surface area contributed by atoms with Gasteiger partial charge in [0.05, 0.1) is 57.9 Å². The molecule has 4 aliphatic rings. The third-order valence-corrected chi connectivity index (χ3v) is 11.6. The number of carbonyl (C=O) groups is 2. The number of fused-ring (bicyclic) bond motifs is 2. The lowest BCUT2D eigenvalue weighted by atomic mass is 9.70. The van der Waals surface area contributed by atoms with Crippen LogP contribution < -0.4 is 10.6 Å². The van der Waals surface area contributed by atoms with Crippen molar-refractivity contribution in [3.05, 3.63) is 47.3 Å². The lowest BCUT2D eigenvalue weighted by molar-refractivity contribution is 0.0885. The summed E-state index contributed by atoms with van der Waals surface area (Å²) in [4.78, 5) is 49.8. The first-order valence-electron chi connectivity index (χ1n) is 18.4. The summed E-state index contributed by atoms with van der Waals surface area (Å²) in [6, 6.07) is 4.60. The number of H-pyrrole nitrogens is 2. The summed E-state index contributed by atoms with van der Waals surface area (Å²) in [5.74, 6) is 0.624. The van der Waals surface area contributed by atoms with Gasteiger partial charge in [-0.1, -0.05) is 38.5 Å².